The van der Waals surface area contributed by atoms with Crippen LogP contribution in [-0.4, -0.2) is 9.97 Å². The van der Waals surface area contributed by atoms with Crippen molar-refractivity contribution in [3.05, 3.63) is 48.7 Å². The summed E-state index contributed by atoms with van der Waals surface area (Å²) >= 11 is 0. The predicted octanol–water partition coefficient (Wildman–Crippen LogP) is 2.28. The van der Waals surface area contributed by atoms with Crippen molar-refractivity contribution in [1.82, 2.24) is 9.97 Å². The Hall–Kier alpha value is -1.77. The van der Waals surface area contributed by atoms with Gasteiger partial charge in [0.25, 0.3) is 0 Å². The molecule has 0 saturated carbocycles. The Labute approximate surface area is 75.1 Å². The van der Waals surface area contributed by atoms with Crippen LogP contribution in [0.4, 0.5) is 4.39 Å². The Morgan fingerprint density at radius 1 is 0.923 bits per heavy atom. The normalized spacial score (nSPS) is 9.92. The molecule has 0 atom stereocenters. The minimum Gasteiger partial charge on any atom is -0.250 e. The second kappa shape index (κ2) is 3.31. The van der Waals surface area contributed by atoms with Crippen molar-refractivity contribution >= 4 is 0 Å². The summed E-state index contributed by atoms with van der Waals surface area (Å²) in [6, 6.07) is 9.53. The van der Waals surface area contributed by atoms with E-state index in [0.29, 0.717) is 5.69 Å². The van der Waals surface area contributed by atoms with Gasteiger partial charge in [0.2, 0.25) is 5.95 Å². The monoisotopic (exact) mass is 174 g/mol. The molecule has 13 heavy (non-hydrogen) atoms. The zero-order valence-electron chi connectivity index (χ0n) is 6.81. The molecule has 2 aromatic rings. The van der Waals surface area contributed by atoms with Gasteiger partial charge in [-0.05, 0) is 0 Å². The summed E-state index contributed by atoms with van der Waals surface area (Å²) < 4.78 is 12.4. The third kappa shape index (κ3) is 1.69. The van der Waals surface area contributed by atoms with E-state index in [9.17, 15) is 4.39 Å². The van der Waals surface area contributed by atoms with Gasteiger partial charge in [0.1, 0.15) is 0 Å². The van der Waals surface area contributed by atoms with Crippen LogP contribution in [0.15, 0.2) is 42.7 Å². The average molecular weight is 174 g/mol. The molecule has 0 aliphatic heterocycles. The predicted molar refractivity (Wildman–Crippen MR) is 47.4 cm³/mol. The Balaban J connectivity index is 2.42. The number of benzene rings is 1. The van der Waals surface area contributed by atoms with E-state index in [4.69, 9.17) is 0 Å². The molecule has 0 radical (unpaired) electrons. The van der Waals surface area contributed by atoms with Crippen LogP contribution >= 0.6 is 0 Å². The third-order valence-electron chi connectivity index (χ3n) is 1.69. The average Bonchev–Trinajstić information content (AvgIpc) is 2.20. The molecule has 1 heterocycles. The SMILES string of the molecule is Fc1cnc(-c2ccccc2)cn1. The van der Waals surface area contributed by atoms with Crippen molar-refractivity contribution in [2.24, 2.45) is 0 Å². The van der Waals surface area contributed by atoms with Gasteiger partial charge in [0.15, 0.2) is 0 Å². The second-order valence-corrected chi connectivity index (χ2v) is 2.59. The van der Waals surface area contributed by atoms with Crippen LogP contribution in [0, 0.1) is 5.95 Å². The highest BCUT2D eigenvalue weighted by atomic mass is 19.1. The highest BCUT2D eigenvalue weighted by molar-refractivity contribution is 5.57. The van der Waals surface area contributed by atoms with Crippen LogP contribution in [0.2, 0.25) is 0 Å². The first kappa shape index (κ1) is 7.86. The fourth-order valence-electron chi connectivity index (χ4n) is 1.07. The van der Waals surface area contributed by atoms with E-state index in [1.165, 1.54) is 6.20 Å². The molecule has 1 aromatic heterocycles. The van der Waals surface area contributed by atoms with Crippen molar-refractivity contribution in [3.8, 4) is 11.3 Å². The van der Waals surface area contributed by atoms with E-state index in [0.717, 1.165) is 11.8 Å². The molecule has 3 heteroatoms. The van der Waals surface area contributed by atoms with Crippen molar-refractivity contribution in [1.29, 1.82) is 0 Å². The second-order valence-electron chi connectivity index (χ2n) is 2.59. The number of halogens is 1. The lowest BCUT2D eigenvalue weighted by Crippen LogP contribution is -1.87. The van der Waals surface area contributed by atoms with E-state index >= 15 is 0 Å². The molecule has 0 N–H and O–H groups in total. The first-order valence-corrected chi connectivity index (χ1v) is 3.89. The maximum atomic E-state index is 12.4. The van der Waals surface area contributed by atoms with E-state index < -0.39 is 5.95 Å². The minimum atomic E-state index is -0.556. The quantitative estimate of drug-likeness (QED) is 0.662. The summed E-state index contributed by atoms with van der Waals surface area (Å²) in [7, 11) is 0. The largest absolute Gasteiger partial charge is 0.250 e. The molecule has 0 aliphatic rings. The first-order chi connectivity index (χ1) is 6.36. The molecule has 0 amide bonds. The Kier molecular flexibility index (Phi) is 2.00. The minimum absolute atomic E-state index is 0.556. The van der Waals surface area contributed by atoms with Gasteiger partial charge in [0.05, 0.1) is 18.1 Å². The molecule has 0 aliphatic carbocycles. The van der Waals surface area contributed by atoms with Crippen LogP contribution in [0.1, 0.15) is 0 Å². The van der Waals surface area contributed by atoms with Crippen LogP contribution in [-0.2, 0) is 0 Å². The number of aromatic nitrogens is 2. The van der Waals surface area contributed by atoms with Gasteiger partial charge in [0, 0.05) is 5.56 Å². The van der Waals surface area contributed by atoms with Crippen LogP contribution < -0.4 is 0 Å². The van der Waals surface area contributed by atoms with Gasteiger partial charge < -0.3 is 0 Å². The molecule has 2 nitrogen and oxygen atoms in total. The van der Waals surface area contributed by atoms with Gasteiger partial charge in [-0.1, -0.05) is 30.3 Å². The molecule has 0 spiro atoms. The highest BCUT2D eigenvalue weighted by Crippen LogP contribution is 2.13. The van der Waals surface area contributed by atoms with E-state index in [1.54, 1.807) is 0 Å². The summed E-state index contributed by atoms with van der Waals surface area (Å²) in [6.07, 6.45) is 2.53. The zero-order chi connectivity index (χ0) is 9.10. The summed E-state index contributed by atoms with van der Waals surface area (Å²) in [5.74, 6) is -0.556. The van der Waals surface area contributed by atoms with E-state index in [2.05, 4.69) is 9.97 Å². The summed E-state index contributed by atoms with van der Waals surface area (Å²) in [5, 5.41) is 0. The third-order valence-corrected chi connectivity index (χ3v) is 1.69. The van der Waals surface area contributed by atoms with E-state index in [1.807, 2.05) is 30.3 Å². The van der Waals surface area contributed by atoms with Crippen molar-refractivity contribution in [2.75, 3.05) is 0 Å². The summed E-state index contributed by atoms with van der Waals surface area (Å²) in [4.78, 5) is 7.44. The molecule has 1 aromatic carbocycles. The first-order valence-electron chi connectivity index (χ1n) is 3.89. The smallest absolute Gasteiger partial charge is 0.231 e. The maximum Gasteiger partial charge on any atom is 0.231 e. The van der Waals surface area contributed by atoms with Crippen molar-refractivity contribution in [2.45, 2.75) is 0 Å². The highest BCUT2D eigenvalue weighted by Gasteiger charge is 1.98. The lowest BCUT2D eigenvalue weighted by atomic mass is 10.2. The summed E-state index contributed by atoms with van der Waals surface area (Å²) in [5.41, 5.74) is 1.62. The van der Waals surface area contributed by atoms with Gasteiger partial charge in [-0.15, -0.1) is 0 Å². The zero-order valence-corrected chi connectivity index (χ0v) is 6.81. The molecule has 0 saturated heterocycles. The molecular formula is C10H7FN2. The summed E-state index contributed by atoms with van der Waals surface area (Å²) in [6.45, 7) is 0. The number of hydrogen-bond acceptors (Lipinski definition) is 2. The van der Waals surface area contributed by atoms with Crippen LogP contribution in [0.3, 0.4) is 0 Å². The molecular weight excluding hydrogens is 167 g/mol. The lowest BCUT2D eigenvalue weighted by Gasteiger charge is -1.97. The molecule has 0 bridgehead atoms. The topological polar surface area (TPSA) is 25.8 Å². The lowest BCUT2D eigenvalue weighted by molar-refractivity contribution is 0.577. The van der Waals surface area contributed by atoms with Crippen LogP contribution in [0.5, 0.6) is 0 Å². The maximum absolute atomic E-state index is 12.4. The van der Waals surface area contributed by atoms with Gasteiger partial charge in [-0.3, -0.25) is 0 Å². The van der Waals surface area contributed by atoms with Gasteiger partial charge in [-0.2, -0.15) is 4.39 Å². The van der Waals surface area contributed by atoms with E-state index in [-0.39, 0.29) is 0 Å². The molecule has 64 valence electrons. The number of rotatable bonds is 1. The number of nitrogens with zero attached hydrogens (tertiary/aromatic N) is 2. The molecule has 2 rings (SSSR count). The van der Waals surface area contributed by atoms with Crippen LogP contribution in [0.25, 0.3) is 11.3 Å². The Morgan fingerprint density at radius 2 is 1.69 bits per heavy atom. The van der Waals surface area contributed by atoms with Gasteiger partial charge in [-0.25, -0.2) is 9.97 Å². The van der Waals surface area contributed by atoms with Gasteiger partial charge >= 0.3 is 0 Å². The molecule has 0 unspecified atom stereocenters. The van der Waals surface area contributed by atoms with Crippen molar-refractivity contribution in [3.63, 3.8) is 0 Å². The fourth-order valence-corrected chi connectivity index (χ4v) is 1.07. The van der Waals surface area contributed by atoms with Crippen molar-refractivity contribution < 1.29 is 4.39 Å². The Morgan fingerprint density at radius 3 is 2.31 bits per heavy atom. The molecule has 0 fully saturated rings. The standard InChI is InChI=1S/C10H7FN2/c11-10-7-12-9(6-13-10)8-4-2-1-3-5-8/h1-7H. The Bertz CT molecular complexity index is 383. The number of hydrogen-bond donors (Lipinski definition) is 0. The fraction of sp³-hybridized carbons (Fsp3) is 0.